The van der Waals surface area contributed by atoms with Crippen LogP contribution in [0.25, 0.3) is 10.9 Å². The molecule has 0 saturated carbocycles. The van der Waals surface area contributed by atoms with Gasteiger partial charge in [0.05, 0.1) is 6.04 Å². The summed E-state index contributed by atoms with van der Waals surface area (Å²) in [6, 6.07) is 23.0. The summed E-state index contributed by atoms with van der Waals surface area (Å²) in [5.41, 5.74) is 5.73. The Morgan fingerprint density at radius 1 is 0.919 bits per heavy atom. The van der Waals surface area contributed by atoms with Gasteiger partial charge in [-0.05, 0) is 47.2 Å². The van der Waals surface area contributed by atoms with Crippen molar-refractivity contribution in [2.24, 2.45) is 13.0 Å². The first-order valence-corrected chi connectivity index (χ1v) is 13.2. The van der Waals surface area contributed by atoms with Crippen LogP contribution < -0.4 is 5.32 Å². The van der Waals surface area contributed by atoms with Crippen LogP contribution in [-0.4, -0.2) is 27.3 Å². The summed E-state index contributed by atoms with van der Waals surface area (Å²) >= 11 is 0. The molecule has 1 aromatic heterocycles. The molecule has 1 aliphatic heterocycles. The van der Waals surface area contributed by atoms with Gasteiger partial charge in [0, 0.05) is 41.0 Å². The summed E-state index contributed by atoms with van der Waals surface area (Å²) < 4.78 is 2.10. The van der Waals surface area contributed by atoms with Gasteiger partial charge in [-0.3, -0.25) is 9.59 Å². The zero-order valence-electron chi connectivity index (χ0n) is 22.2. The first-order valence-electron chi connectivity index (χ1n) is 13.2. The van der Waals surface area contributed by atoms with E-state index in [4.69, 9.17) is 0 Å². The maximum absolute atomic E-state index is 14.0. The van der Waals surface area contributed by atoms with E-state index in [1.54, 1.807) is 0 Å². The van der Waals surface area contributed by atoms with Crippen LogP contribution in [0.3, 0.4) is 0 Å². The van der Waals surface area contributed by atoms with E-state index in [1.807, 2.05) is 72.6 Å². The van der Waals surface area contributed by atoms with Gasteiger partial charge in [-0.1, -0.05) is 82.6 Å². The minimum absolute atomic E-state index is 0.0364. The predicted octanol–water partition coefficient (Wildman–Crippen LogP) is 6.90. The highest BCUT2D eigenvalue weighted by Crippen LogP contribution is 2.44. The molecule has 4 aromatic rings. The molecule has 0 aliphatic carbocycles. The predicted molar refractivity (Wildman–Crippen MR) is 150 cm³/mol. The molecule has 3 unspecified atom stereocenters. The highest BCUT2D eigenvalue weighted by atomic mass is 16.2. The van der Waals surface area contributed by atoms with Crippen LogP contribution in [0, 0.1) is 5.92 Å². The highest BCUT2D eigenvalue weighted by Gasteiger charge is 2.46. The number of nitrogens with zero attached hydrogens (tertiary/aromatic N) is 2. The van der Waals surface area contributed by atoms with Crippen LogP contribution >= 0.6 is 0 Å². The fourth-order valence-electron chi connectivity index (χ4n) is 5.58. The second kappa shape index (κ2) is 9.89. The number of hydrogen-bond donors (Lipinski definition) is 1. The van der Waals surface area contributed by atoms with Crippen molar-refractivity contribution in [2.75, 3.05) is 5.32 Å². The topological polar surface area (TPSA) is 54.3 Å². The lowest BCUT2D eigenvalue weighted by molar-refractivity contribution is -0.122. The molecule has 2 amide bonds. The van der Waals surface area contributed by atoms with E-state index >= 15 is 0 Å². The lowest BCUT2D eigenvalue weighted by atomic mass is 9.92. The molecule has 5 heteroatoms. The summed E-state index contributed by atoms with van der Waals surface area (Å²) in [4.78, 5) is 29.8. The molecule has 3 atom stereocenters. The third-order valence-corrected chi connectivity index (χ3v) is 7.82. The number of aromatic nitrogens is 1. The molecule has 190 valence electrons. The second-order valence-electron chi connectivity index (χ2n) is 10.5. The Morgan fingerprint density at radius 3 is 2.30 bits per heavy atom. The lowest BCUT2D eigenvalue weighted by Crippen LogP contribution is -2.49. The average Bonchev–Trinajstić information content (AvgIpc) is 3.38. The van der Waals surface area contributed by atoms with Crippen molar-refractivity contribution < 1.29 is 9.59 Å². The van der Waals surface area contributed by atoms with E-state index in [1.165, 1.54) is 5.56 Å². The number of rotatable bonds is 7. The lowest BCUT2D eigenvalue weighted by Gasteiger charge is -2.36. The highest BCUT2D eigenvalue weighted by molar-refractivity contribution is 6.05. The van der Waals surface area contributed by atoms with Gasteiger partial charge in [0.15, 0.2) is 0 Å². The molecular weight excluding hydrogens is 458 g/mol. The van der Waals surface area contributed by atoms with Gasteiger partial charge in [0.1, 0.15) is 6.04 Å². The van der Waals surface area contributed by atoms with Gasteiger partial charge in [-0.25, -0.2) is 0 Å². The SMILES string of the molecule is CCC(C)C(C(=O)Nc1ccc(C(C)C)cc1)N1C(=O)c2ccccc2C1c1cn(C)c2ccccc12. The van der Waals surface area contributed by atoms with Crippen LogP contribution in [0.5, 0.6) is 0 Å². The summed E-state index contributed by atoms with van der Waals surface area (Å²) in [7, 11) is 2.03. The fourth-order valence-corrected chi connectivity index (χ4v) is 5.58. The van der Waals surface area contributed by atoms with E-state index in [-0.39, 0.29) is 23.8 Å². The molecule has 5 nitrogen and oxygen atoms in total. The summed E-state index contributed by atoms with van der Waals surface area (Å²) in [6.45, 7) is 8.43. The van der Waals surface area contributed by atoms with Crippen LogP contribution in [0.1, 0.15) is 73.1 Å². The maximum atomic E-state index is 14.0. The number of nitrogens with one attached hydrogen (secondary N) is 1. The largest absolute Gasteiger partial charge is 0.350 e. The smallest absolute Gasteiger partial charge is 0.255 e. The van der Waals surface area contributed by atoms with Crippen molar-refractivity contribution in [1.29, 1.82) is 0 Å². The van der Waals surface area contributed by atoms with Crippen molar-refractivity contribution in [3.8, 4) is 0 Å². The average molecular weight is 494 g/mol. The molecule has 0 bridgehead atoms. The number of aryl methyl sites for hydroxylation is 1. The number of amides is 2. The normalized spacial score (nSPS) is 16.8. The van der Waals surface area contributed by atoms with Gasteiger partial charge in [-0.2, -0.15) is 0 Å². The third kappa shape index (κ3) is 4.33. The number of carbonyl (C=O) groups is 2. The number of benzene rings is 3. The zero-order chi connectivity index (χ0) is 26.3. The van der Waals surface area contributed by atoms with Gasteiger partial charge in [-0.15, -0.1) is 0 Å². The number of carbonyl (C=O) groups excluding carboxylic acids is 2. The number of para-hydroxylation sites is 1. The van der Waals surface area contributed by atoms with Gasteiger partial charge in [0.2, 0.25) is 5.91 Å². The molecule has 2 heterocycles. The van der Waals surface area contributed by atoms with E-state index < -0.39 is 6.04 Å². The molecule has 0 saturated heterocycles. The van der Waals surface area contributed by atoms with Crippen LogP contribution in [0.4, 0.5) is 5.69 Å². The Hall–Kier alpha value is -3.86. The Balaban J connectivity index is 1.60. The minimum Gasteiger partial charge on any atom is -0.350 e. The number of fused-ring (bicyclic) bond motifs is 2. The van der Waals surface area contributed by atoms with Crippen molar-refractivity contribution in [3.05, 3.63) is 101 Å². The quantitative estimate of drug-likeness (QED) is 0.304. The van der Waals surface area contributed by atoms with E-state index in [9.17, 15) is 9.59 Å². The second-order valence-corrected chi connectivity index (χ2v) is 10.5. The van der Waals surface area contributed by atoms with Crippen molar-refractivity contribution in [3.63, 3.8) is 0 Å². The Kier molecular flexibility index (Phi) is 6.63. The van der Waals surface area contributed by atoms with E-state index in [0.29, 0.717) is 11.5 Å². The van der Waals surface area contributed by atoms with Crippen LogP contribution in [0.15, 0.2) is 79.0 Å². The molecular formula is C32H35N3O2. The fraction of sp³-hybridized carbons (Fsp3) is 0.312. The molecule has 3 aromatic carbocycles. The van der Waals surface area contributed by atoms with E-state index in [2.05, 4.69) is 55.9 Å². The first-order chi connectivity index (χ1) is 17.8. The molecule has 0 spiro atoms. The Morgan fingerprint density at radius 2 is 1.59 bits per heavy atom. The van der Waals surface area contributed by atoms with E-state index in [0.717, 1.165) is 34.1 Å². The number of hydrogen-bond acceptors (Lipinski definition) is 2. The van der Waals surface area contributed by atoms with Crippen molar-refractivity contribution in [2.45, 2.75) is 52.1 Å². The molecule has 1 aliphatic rings. The number of anilines is 1. The van der Waals surface area contributed by atoms with Gasteiger partial charge < -0.3 is 14.8 Å². The maximum Gasteiger partial charge on any atom is 0.255 e. The molecule has 1 N–H and O–H groups in total. The first kappa shape index (κ1) is 24.8. The Labute approximate surface area is 219 Å². The monoisotopic (exact) mass is 493 g/mol. The third-order valence-electron chi connectivity index (χ3n) is 7.82. The molecule has 0 radical (unpaired) electrons. The summed E-state index contributed by atoms with van der Waals surface area (Å²) in [5.74, 6) is 0.132. The summed E-state index contributed by atoms with van der Waals surface area (Å²) in [6.07, 6.45) is 2.88. The van der Waals surface area contributed by atoms with Crippen molar-refractivity contribution in [1.82, 2.24) is 9.47 Å². The van der Waals surface area contributed by atoms with Gasteiger partial charge in [0.25, 0.3) is 5.91 Å². The van der Waals surface area contributed by atoms with Crippen molar-refractivity contribution >= 4 is 28.4 Å². The van der Waals surface area contributed by atoms with Crippen LogP contribution in [0.2, 0.25) is 0 Å². The molecule has 37 heavy (non-hydrogen) atoms. The minimum atomic E-state index is -0.626. The molecule has 5 rings (SSSR count). The molecule has 0 fully saturated rings. The van der Waals surface area contributed by atoms with Crippen LogP contribution in [-0.2, 0) is 11.8 Å². The standard InChI is InChI=1S/C32H35N3O2/c1-6-21(4)29(31(36)33-23-17-15-22(16-18-23)20(2)3)35-30(25-12-7-8-13-26(25)32(35)37)27-19-34(5)28-14-10-9-11-24(27)28/h7-21,29-30H,6H2,1-5H3,(H,33,36). The zero-order valence-corrected chi connectivity index (χ0v) is 22.2. The van der Waals surface area contributed by atoms with Gasteiger partial charge >= 0.3 is 0 Å². The Bertz CT molecular complexity index is 1450. The summed E-state index contributed by atoms with van der Waals surface area (Å²) in [5, 5.41) is 4.22.